The topological polar surface area (TPSA) is 89.1 Å². The van der Waals surface area contributed by atoms with Crippen LogP contribution < -0.4 is 0 Å². The third kappa shape index (κ3) is 3.45. The predicted molar refractivity (Wildman–Crippen MR) is 85.6 cm³/mol. The van der Waals surface area contributed by atoms with Crippen LogP contribution in [-0.4, -0.2) is 26.2 Å². The molecule has 7 heteroatoms. The van der Waals surface area contributed by atoms with Crippen LogP contribution in [0.4, 0.5) is 0 Å². The van der Waals surface area contributed by atoms with E-state index in [1.165, 1.54) is 17.5 Å². The first-order valence-electron chi connectivity index (χ1n) is 7.19. The highest BCUT2D eigenvalue weighted by Crippen LogP contribution is 2.25. The highest BCUT2D eigenvalue weighted by atomic mass is 32.1. The Hall–Kier alpha value is -2.54. The Labute approximate surface area is 136 Å². The number of aryl methyl sites for hydroxylation is 2. The molecular formula is C16H15N3O3S. The Morgan fingerprint density at radius 1 is 1.30 bits per heavy atom. The molecule has 0 amide bonds. The quantitative estimate of drug-likeness (QED) is 0.746. The van der Waals surface area contributed by atoms with Crippen LogP contribution in [0.5, 0.6) is 0 Å². The van der Waals surface area contributed by atoms with Crippen LogP contribution in [0.1, 0.15) is 32.4 Å². The molecule has 0 saturated carbocycles. The van der Waals surface area contributed by atoms with Gasteiger partial charge in [0, 0.05) is 11.8 Å². The molecular weight excluding hydrogens is 314 g/mol. The Morgan fingerprint density at radius 2 is 2.17 bits per heavy atom. The molecule has 0 fully saturated rings. The second-order valence-electron chi connectivity index (χ2n) is 5.06. The van der Waals surface area contributed by atoms with Gasteiger partial charge in [0.15, 0.2) is 0 Å². The molecule has 0 unspecified atom stereocenters. The van der Waals surface area contributed by atoms with Gasteiger partial charge in [-0.05, 0) is 38.3 Å². The number of carbonyl (C=O) groups is 1. The molecule has 6 nitrogen and oxygen atoms in total. The third-order valence-corrected chi connectivity index (χ3v) is 4.52. The summed E-state index contributed by atoms with van der Waals surface area (Å²) in [5, 5.41) is 13.9. The number of carboxylic acids is 1. The maximum Gasteiger partial charge on any atom is 0.347 e. The number of pyridine rings is 1. The highest BCUT2D eigenvalue weighted by Gasteiger charge is 2.15. The summed E-state index contributed by atoms with van der Waals surface area (Å²) in [6.45, 7) is 1.89. The fourth-order valence-corrected chi connectivity index (χ4v) is 3.13. The van der Waals surface area contributed by atoms with Crippen molar-refractivity contribution in [1.29, 1.82) is 0 Å². The number of aromatic nitrogens is 3. The molecule has 0 atom stereocenters. The molecule has 23 heavy (non-hydrogen) atoms. The van der Waals surface area contributed by atoms with Crippen molar-refractivity contribution >= 4 is 17.3 Å². The molecule has 0 aliphatic carbocycles. The molecule has 0 radical (unpaired) electrons. The van der Waals surface area contributed by atoms with E-state index in [9.17, 15) is 4.79 Å². The van der Waals surface area contributed by atoms with Crippen molar-refractivity contribution in [2.75, 3.05) is 0 Å². The summed E-state index contributed by atoms with van der Waals surface area (Å²) in [5.74, 6) is -0.142. The number of hydrogen-bond acceptors (Lipinski definition) is 6. The van der Waals surface area contributed by atoms with E-state index in [4.69, 9.17) is 9.63 Å². The van der Waals surface area contributed by atoms with E-state index >= 15 is 0 Å². The standard InChI is InChI=1S/C16H15N3O3S/c1-10-11(15(19-22-10)12-6-2-3-8-17-12)5-4-7-14-18-9-13(23-14)16(20)21/h2-3,6,8-9H,4-5,7H2,1H3,(H,20,21). The highest BCUT2D eigenvalue weighted by molar-refractivity contribution is 7.13. The van der Waals surface area contributed by atoms with Crippen LogP contribution in [0.2, 0.25) is 0 Å². The molecule has 0 aromatic carbocycles. The van der Waals surface area contributed by atoms with Gasteiger partial charge in [0.05, 0.1) is 16.9 Å². The van der Waals surface area contributed by atoms with Crippen molar-refractivity contribution in [2.45, 2.75) is 26.2 Å². The van der Waals surface area contributed by atoms with Gasteiger partial charge in [-0.1, -0.05) is 11.2 Å². The number of hydrogen-bond donors (Lipinski definition) is 1. The van der Waals surface area contributed by atoms with Crippen LogP contribution >= 0.6 is 11.3 Å². The van der Waals surface area contributed by atoms with Crippen molar-refractivity contribution in [3.63, 3.8) is 0 Å². The van der Waals surface area contributed by atoms with Crippen LogP contribution in [0.25, 0.3) is 11.4 Å². The van der Waals surface area contributed by atoms with E-state index in [0.717, 1.165) is 47.0 Å². The summed E-state index contributed by atoms with van der Waals surface area (Å²) in [4.78, 5) is 19.6. The molecule has 0 aliphatic rings. The lowest BCUT2D eigenvalue weighted by molar-refractivity contribution is 0.0702. The van der Waals surface area contributed by atoms with Crippen molar-refractivity contribution in [3.8, 4) is 11.4 Å². The number of rotatable bonds is 6. The van der Waals surface area contributed by atoms with Gasteiger partial charge >= 0.3 is 5.97 Å². The van der Waals surface area contributed by atoms with E-state index in [0.29, 0.717) is 0 Å². The predicted octanol–water partition coefficient (Wildman–Crippen LogP) is 3.38. The molecule has 1 N–H and O–H groups in total. The number of nitrogens with zero attached hydrogens (tertiary/aromatic N) is 3. The first-order chi connectivity index (χ1) is 11.1. The summed E-state index contributed by atoms with van der Waals surface area (Å²) in [6, 6.07) is 5.68. The zero-order chi connectivity index (χ0) is 16.2. The second kappa shape index (κ2) is 6.70. The summed E-state index contributed by atoms with van der Waals surface area (Å²) in [6.07, 6.45) is 5.49. The summed E-state index contributed by atoms with van der Waals surface area (Å²) >= 11 is 1.22. The SMILES string of the molecule is Cc1onc(-c2ccccn2)c1CCCc1ncc(C(=O)O)s1. The normalized spacial score (nSPS) is 10.8. The smallest absolute Gasteiger partial charge is 0.347 e. The van der Waals surface area contributed by atoms with Gasteiger partial charge in [-0.2, -0.15) is 0 Å². The maximum absolute atomic E-state index is 10.9. The van der Waals surface area contributed by atoms with Gasteiger partial charge in [0.25, 0.3) is 0 Å². The molecule has 0 bridgehead atoms. The molecule has 3 aromatic heterocycles. The first-order valence-corrected chi connectivity index (χ1v) is 8.01. The molecule has 3 aromatic rings. The lowest BCUT2D eigenvalue weighted by Gasteiger charge is -2.01. The zero-order valence-corrected chi connectivity index (χ0v) is 13.3. The van der Waals surface area contributed by atoms with Crippen molar-refractivity contribution in [2.24, 2.45) is 0 Å². The zero-order valence-electron chi connectivity index (χ0n) is 12.5. The summed E-state index contributed by atoms with van der Waals surface area (Å²) in [5.41, 5.74) is 2.61. The Balaban J connectivity index is 1.69. The van der Waals surface area contributed by atoms with Crippen molar-refractivity contribution < 1.29 is 14.4 Å². The van der Waals surface area contributed by atoms with Gasteiger partial charge < -0.3 is 9.63 Å². The van der Waals surface area contributed by atoms with Gasteiger partial charge in [-0.15, -0.1) is 11.3 Å². The first kappa shape index (κ1) is 15.4. The average molecular weight is 329 g/mol. The van der Waals surface area contributed by atoms with Crippen molar-refractivity contribution in [1.82, 2.24) is 15.1 Å². The minimum atomic E-state index is -0.930. The van der Waals surface area contributed by atoms with E-state index in [1.807, 2.05) is 25.1 Å². The Morgan fingerprint density at radius 3 is 2.87 bits per heavy atom. The number of carboxylic acid groups (broad SMARTS) is 1. The van der Waals surface area contributed by atoms with Crippen molar-refractivity contribution in [3.05, 3.63) is 51.8 Å². The van der Waals surface area contributed by atoms with E-state index in [-0.39, 0.29) is 4.88 Å². The van der Waals surface area contributed by atoms with Crippen LogP contribution in [0, 0.1) is 6.92 Å². The molecule has 0 spiro atoms. The largest absolute Gasteiger partial charge is 0.477 e. The lowest BCUT2D eigenvalue weighted by atomic mass is 10.0. The minimum Gasteiger partial charge on any atom is -0.477 e. The van der Waals surface area contributed by atoms with Gasteiger partial charge in [-0.3, -0.25) is 4.98 Å². The van der Waals surface area contributed by atoms with Crippen LogP contribution in [-0.2, 0) is 12.8 Å². The lowest BCUT2D eigenvalue weighted by Crippen LogP contribution is -1.94. The summed E-state index contributed by atoms with van der Waals surface area (Å²) in [7, 11) is 0. The van der Waals surface area contributed by atoms with E-state index in [2.05, 4.69) is 15.1 Å². The minimum absolute atomic E-state index is 0.273. The monoisotopic (exact) mass is 329 g/mol. The molecule has 0 saturated heterocycles. The molecule has 3 heterocycles. The molecule has 3 rings (SSSR count). The fraction of sp³-hybridized carbons (Fsp3) is 0.250. The van der Waals surface area contributed by atoms with Gasteiger partial charge in [0.1, 0.15) is 16.3 Å². The van der Waals surface area contributed by atoms with E-state index < -0.39 is 5.97 Å². The number of aromatic carboxylic acids is 1. The van der Waals surface area contributed by atoms with Crippen LogP contribution in [0.15, 0.2) is 35.1 Å². The van der Waals surface area contributed by atoms with E-state index in [1.54, 1.807) is 6.20 Å². The Bertz CT molecular complexity index is 811. The molecule has 118 valence electrons. The third-order valence-electron chi connectivity index (χ3n) is 3.47. The Kier molecular flexibility index (Phi) is 4.47. The molecule has 0 aliphatic heterocycles. The summed E-state index contributed by atoms with van der Waals surface area (Å²) < 4.78 is 5.31. The average Bonchev–Trinajstić information content (AvgIpc) is 3.16. The maximum atomic E-state index is 10.9. The van der Waals surface area contributed by atoms with Gasteiger partial charge in [0.2, 0.25) is 0 Å². The fourth-order valence-electron chi connectivity index (χ4n) is 2.33. The van der Waals surface area contributed by atoms with Gasteiger partial charge in [-0.25, -0.2) is 9.78 Å². The number of thiazole rings is 1. The second-order valence-corrected chi connectivity index (χ2v) is 6.17. The van der Waals surface area contributed by atoms with Crippen LogP contribution in [0.3, 0.4) is 0 Å².